The van der Waals surface area contributed by atoms with E-state index in [4.69, 9.17) is 0 Å². The molecule has 0 saturated carbocycles. The molecule has 1 saturated heterocycles. The minimum Gasteiger partial charge on any atom is -0.345 e. The van der Waals surface area contributed by atoms with Gasteiger partial charge in [-0.2, -0.15) is 0 Å². The average Bonchev–Trinajstić information content (AvgIpc) is 3.01. The number of H-pyrrole nitrogens is 1. The summed E-state index contributed by atoms with van der Waals surface area (Å²) in [6.07, 6.45) is 6.11. The predicted molar refractivity (Wildman–Crippen MR) is 68.7 cm³/mol. The molecule has 0 amide bonds. The number of nitrogens with one attached hydrogen (secondary N) is 2. The van der Waals surface area contributed by atoms with Crippen LogP contribution in [0.15, 0.2) is 36.7 Å². The van der Waals surface area contributed by atoms with Gasteiger partial charge in [-0.05, 0) is 37.4 Å². The van der Waals surface area contributed by atoms with Crippen molar-refractivity contribution in [2.45, 2.75) is 12.8 Å². The zero-order valence-corrected chi connectivity index (χ0v) is 9.82. The highest BCUT2D eigenvalue weighted by molar-refractivity contribution is 5.60. The summed E-state index contributed by atoms with van der Waals surface area (Å²) < 4.78 is 0. The Morgan fingerprint density at radius 1 is 1.29 bits per heavy atom. The van der Waals surface area contributed by atoms with Gasteiger partial charge in [0.05, 0.1) is 0 Å². The molecule has 2 N–H and O–H groups in total. The molecule has 17 heavy (non-hydrogen) atoms. The molecule has 1 aromatic heterocycles. The maximum Gasteiger partial charge on any atom is 0.137 e. The van der Waals surface area contributed by atoms with Crippen molar-refractivity contribution in [3.8, 4) is 11.4 Å². The fourth-order valence-electron chi connectivity index (χ4n) is 2.54. The molecule has 1 unspecified atom stereocenters. The Labute approximate surface area is 101 Å². The Hall–Kier alpha value is -1.61. The summed E-state index contributed by atoms with van der Waals surface area (Å²) in [5.74, 6) is 1.75. The van der Waals surface area contributed by atoms with E-state index in [-0.39, 0.29) is 0 Å². The standard InChI is InChI=1S/C14H17N3/c1-2-4-13(14-16-7-8-17-14)12(3-1)9-11-5-6-15-10-11/h1-4,7-8,11,15H,5-6,9-10H2,(H,16,17). The second-order valence-electron chi connectivity index (χ2n) is 4.66. The summed E-state index contributed by atoms with van der Waals surface area (Å²) in [5, 5.41) is 3.42. The van der Waals surface area contributed by atoms with Gasteiger partial charge in [0.1, 0.15) is 5.82 Å². The molecule has 2 heterocycles. The molecule has 0 bridgehead atoms. The first-order chi connectivity index (χ1) is 8.43. The van der Waals surface area contributed by atoms with Crippen molar-refractivity contribution < 1.29 is 0 Å². The molecule has 0 radical (unpaired) electrons. The number of imidazole rings is 1. The zero-order chi connectivity index (χ0) is 11.5. The first kappa shape index (κ1) is 10.5. The van der Waals surface area contributed by atoms with Gasteiger partial charge in [-0.1, -0.05) is 24.3 Å². The SMILES string of the molecule is c1ccc(-c2ncc[nH]2)c(CC2CCNC2)c1. The van der Waals surface area contributed by atoms with E-state index in [1.54, 1.807) is 0 Å². The van der Waals surface area contributed by atoms with Gasteiger partial charge < -0.3 is 10.3 Å². The monoisotopic (exact) mass is 227 g/mol. The van der Waals surface area contributed by atoms with Gasteiger partial charge in [-0.15, -0.1) is 0 Å². The van der Waals surface area contributed by atoms with Crippen molar-refractivity contribution in [3.05, 3.63) is 42.2 Å². The lowest BCUT2D eigenvalue weighted by molar-refractivity contribution is 0.581. The fourth-order valence-corrected chi connectivity index (χ4v) is 2.54. The highest BCUT2D eigenvalue weighted by atomic mass is 14.9. The first-order valence-electron chi connectivity index (χ1n) is 6.22. The Balaban J connectivity index is 1.88. The van der Waals surface area contributed by atoms with Crippen molar-refractivity contribution in [1.82, 2.24) is 15.3 Å². The summed E-state index contributed by atoms with van der Waals surface area (Å²) in [6, 6.07) is 8.56. The van der Waals surface area contributed by atoms with Crippen LogP contribution in [-0.4, -0.2) is 23.1 Å². The zero-order valence-electron chi connectivity index (χ0n) is 9.82. The Morgan fingerprint density at radius 3 is 3.00 bits per heavy atom. The molecule has 1 aliphatic rings. The summed E-state index contributed by atoms with van der Waals surface area (Å²) in [6.45, 7) is 2.31. The van der Waals surface area contributed by atoms with E-state index in [0.717, 1.165) is 31.3 Å². The van der Waals surface area contributed by atoms with Crippen molar-refractivity contribution in [2.24, 2.45) is 5.92 Å². The van der Waals surface area contributed by atoms with Crippen LogP contribution in [0.25, 0.3) is 11.4 Å². The van der Waals surface area contributed by atoms with Gasteiger partial charge in [0.2, 0.25) is 0 Å². The minimum atomic E-state index is 0.770. The largest absolute Gasteiger partial charge is 0.345 e. The molecule has 1 atom stereocenters. The lowest BCUT2D eigenvalue weighted by atomic mass is 9.95. The highest BCUT2D eigenvalue weighted by Crippen LogP contribution is 2.24. The van der Waals surface area contributed by atoms with Crippen LogP contribution in [0.5, 0.6) is 0 Å². The minimum absolute atomic E-state index is 0.770. The summed E-state index contributed by atoms with van der Waals surface area (Å²) >= 11 is 0. The maximum absolute atomic E-state index is 4.35. The Morgan fingerprint density at radius 2 is 2.24 bits per heavy atom. The normalized spacial score (nSPS) is 19.6. The maximum atomic E-state index is 4.35. The van der Waals surface area contributed by atoms with Gasteiger partial charge in [-0.25, -0.2) is 4.98 Å². The second-order valence-corrected chi connectivity index (χ2v) is 4.66. The molecule has 88 valence electrons. The molecule has 1 aliphatic heterocycles. The van der Waals surface area contributed by atoms with Gasteiger partial charge in [0, 0.05) is 18.0 Å². The third kappa shape index (κ3) is 2.24. The Kier molecular flexibility index (Phi) is 2.92. The summed E-state index contributed by atoms with van der Waals surface area (Å²) in [5.41, 5.74) is 2.64. The van der Waals surface area contributed by atoms with Crippen molar-refractivity contribution in [1.29, 1.82) is 0 Å². The van der Waals surface area contributed by atoms with E-state index in [0.29, 0.717) is 0 Å². The van der Waals surface area contributed by atoms with E-state index < -0.39 is 0 Å². The fraction of sp³-hybridized carbons (Fsp3) is 0.357. The molecule has 3 rings (SSSR count). The van der Waals surface area contributed by atoms with Crippen LogP contribution < -0.4 is 5.32 Å². The molecule has 1 aromatic carbocycles. The molecule has 1 fully saturated rings. The van der Waals surface area contributed by atoms with Crippen LogP contribution in [0.4, 0.5) is 0 Å². The number of rotatable bonds is 3. The second kappa shape index (κ2) is 4.72. The Bertz CT molecular complexity index is 470. The van der Waals surface area contributed by atoms with E-state index >= 15 is 0 Å². The van der Waals surface area contributed by atoms with Crippen molar-refractivity contribution in [3.63, 3.8) is 0 Å². The topological polar surface area (TPSA) is 40.7 Å². The smallest absolute Gasteiger partial charge is 0.137 e. The van der Waals surface area contributed by atoms with E-state index in [1.165, 1.54) is 17.5 Å². The number of hydrogen-bond acceptors (Lipinski definition) is 2. The van der Waals surface area contributed by atoms with E-state index in [2.05, 4.69) is 39.6 Å². The summed E-state index contributed by atoms with van der Waals surface area (Å²) in [7, 11) is 0. The lowest BCUT2D eigenvalue weighted by Crippen LogP contribution is -2.11. The van der Waals surface area contributed by atoms with Crippen molar-refractivity contribution >= 4 is 0 Å². The molecular formula is C14H17N3. The number of nitrogens with zero attached hydrogens (tertiary/aromatic N) is 1. The molecule has 0 aliphatic carbocycles. The van der Waals surface area contributed by atoms with Gasteiger partial charge in [0.25, 0.3) is 0 Å². The van der Waals surface area contributed by atoms with Crippen LogP contribution in [0.1, 0.15) is 12.0 Å². The van der Waals surface area contributed by atoms with Gasteiger partial charge in [-0.3, -0.25) is 0 Å². The number of hydrogen-bond donors (Lipinski definition) is 2. The van der Waals surface area contributed by atoms with Crippen LogP contribution in [0.2, 0.25) is 0 Å². The van der Waals surface area contributed by atoms with Crippen molar-refractivity contribution in [2.75, 3.05) is 13.1 Å². The van der Waals surface area contributed by atoms with Crippen LogP contribution in [0.3, 0.4) is 0 Å². The number of benzene rings is 1. The summed E-state index contributed by atoms with van der Waals surface area (Å²) in [4.78, 5) is 7.54. The first-order valence-corrected chi connectivity index (χ1v) is 6.22. The molecule has 3 nitrogen and oxygen atoms in total. The van der Waals surface area contributed by atoms with Crippen LogP contribution >= 0.6 is 0 Å². The molecule has 0 spiro atoms. The van der Waals surface area contributed by atoms with E-state index in [1.807, 2.05) is 12.4 Å². The number of aromatic amines is 1. The molecule has 2 aromatic rings. The average molecular weight is 227 g/mol. The van der Waals surface area contributed by atoms with Gasteiger partial charge in [0.15, 0.2) is 0 Å². The quantitative estimate of drug-likeness (QED) is 0.844. The molecule has 3 heteroatoms. The van der Waals surface area contributed by atoms with Crippen LogP contribution in [0, 0.1) is 5.92 Å². The van der Waals surface area contributed by atoms with E-state index in [9.17, 15) is 0 Å². The predicted octanol–water partition coefficient (Wildman–Crippen LogP) is 2.23. The number of aromatic nitrogens is 2. The third-order valence-electron chi connectivity index (χ3n) is 3.44. The molecular weight excluding hydrogens is 210 g/mol. The highest BCUT2D eigenvalue weighted by Gasteiger charge is 2.17. The lowest BCUT2D eigenvalue weighted by Gasteiger charge is -2.11. The third-order valence-corrected chi connectivity index (χ3v) is 3.44. The van der Waals surface area contributed by atoms with Gasteiger partial charge >= 0.3 is 0 Å². The van der Waals surface area contributed by atoms with Crippen LogP contribution in [-0.2, 0) is 6.42 Å².